The molecule has 0 radical (unpaired) electrons. The highest BCUT2D eigenvalue weighted by atomic mass is 15.2. The molecule has 0 aromatic rings. The van der Waals surface area contributed by atoms with Crippen LogP contribution < -0.4 is 17.0 Å². The van der Waals surface area contributed by atoms with Crippen LogP contribution in [-0.4, -0.2) is 12.6 Å². The zero-order valence-electron chi connectivity index (χ0n) is 6.34. The zero-order valence-corrected chi connectivity index (χ0v) is 6.34. The summed E-state index contributed by atoms with van der Waals surface area (Å²) in [5.74, 6) is 5.83. The first-order chi connectivity index (χ1) is 4.84. The van der Waals surface area contributed by atoms with Crippen molar-refractivity contribution in [3.8, 4) is 0 Å². The van der Waals surface area contributed by atoms with Crippen molar-refractivity contribution >= 4 is 0 Å². The second-order valence-corrected chi connectivity index (χ2v) is 3.12. The van der Waals surface area contributed by atoms with E-state index in [1.54, 1.807) is 0 Å². The lowest BCUT2D eigenvalue weighted by atomic mass is 9.85. The van der Waals surface area contributed by atoms with Gasteiger partial charge in [0.1, 0.15) is 0 Å². The Labute approximate surface area is 62.1 Å². The minimum Gasteiger partial charge on any atom is -0.327 e. The predicted molar refractivity (Wildman–Crippen MR) is 42.1 cm³/mol. The molecule has 1 fully saturated rings. The molecule has 0 bridgehead atoms. The summed E-state index contributed by atoms with van der Waals surface area (Å²) in [4.78, 5) is 0. The van der Waals surface area contributed by atoms with Crippen LogP contribution in [0.2, 0.25) is 0 Å². The monoisotopic (exact) mass is 143 g/mol. The third-order valence-electron chi connectivity index (χ3n) is 2.35. The highest BCUT2D eigenvalue weighted by molar-refractivity contribution is 4.78. The van der Waals surface area contributed by atoms with Crippen LogP contribution in [0.15, 0.2) is 0 Å². The molecule has 1 rings (SSSR count). The number of hydrogen-bond donors (Lipinski definition) is 3. The summed E-state index contributed by atoms with van der Waals surface area (Å²) < 4.78 is 0. The Hall–Kier alpha value is -0.120. The molecule has 2 atom stereocenters. The average Bonchev–Trinajstić information content (AvgIpc) is 1.94. The third kappa shape index (κ3) is 1.94. The molecule has 0 amide bonds. The Bertz CT molecular complexity index is 92.9. The molecule has 0 aliphatic heterocycles. The standard InChI is InChI=1S/C7H17N3/c8-7-4-2-1-3-6(7)5-10-9/h6-7,10H,1-5,8-9H2/t6-,7-/m0/s1. The molecule has 3 heteroatoms. The van der Waals surface area contributed by atoms with Crippen LogP contribution >= 0.6 is 0 Å². The van der Waals surface area contributed by atoms with Gasteiger partial charge in [-0.1, -0.05) is 12.8 Å². The summed E-state index contributed by atoms with van der Waals surface area (Å²) in [5.41, 5.74) is 8.56. The van der Waals surface area contributed by atoms with Crippen molar-refractivity contribution in [2.75, 3.05) is 6.54 Å². The molecule has 0 spiro atoms. The smallest absolute Gasteiger partial charge is 0.0140 e. The molecule has 10 heavy (non-hydrogen) atoms. The van der Waals surface area contributed by atoms with Crippen LogP contribution in [0.5, 0.6) is 0 Å². The fourth-order valence-electron chi connectivity index (χ4n) is 1.64. The van der Waals surface area contributed by atoms with Crippen molar-refractivity contribution in [2.24, 2.45) is 17.5 Å². The van der Waals surface area contributed by atoms with Gasteiger partial charge in [-0.05, 0) is 18.8 Å². The van der Waals surface area contributed by atoms with Crippen molar-refractivity contribution in [3.05, 3.63) is 0 Å². The predicted octanol–water partition coefficient (Wildman–Crippen LogP) is -0.0328. The first-order valence-corrected chi connectivity index (χ1v) is 4.03. The van der Waals surface area contributed by atoms with Gasteiger partial charge in [-0.2, -0.15) is 0 Å². The minimum atomic E-state index is 0.379. The van der Waals surface area contributed by atoms with Crippen LogP contribution in [0.25, 0.3) is 0 Å². The Kier molecular flexibility index (Phi) is 3.12. The van der Waals surface area contributed by atoms with Gasteiger partial charge >= 0.3 is 0 Å². The average molecular weight is 143 g/mol. The lowest BCUT2D eigenvalue weighted by molar-refractivity contribution is 0.298. The summed E-state index contributed by atoms with van der Waals surface area (Å²) in [7, 11) is 0. The molecule has 1 aliphatic rings. The van der Waals surface area contributed by atoms with Gasteiger partial charge in [0, 0.05) is 12.6 Å². The molecule has 0 aromatic heterocycles. The molecule has 0 aromatic carbocycles. The van der Waals surface area contributed by atoms with Gasteiger partial charge in [-0.3, -0.25) is 11.3 Å². The van der Waals surface area contributed by atoms with E-state index in [-0.39, 0.29) is 0 Å². The first-order valence-electron chi connectivity index (χ1n) is 4.03. The number of hydrogen-bond acceptors (Lipinski definition) is 3. The molecular weight excluding hydrogens is 126 g/mol. The van der Waals surface area contributed by atoms with Crippen molar-refractivity contribution < 1.29 is 0 Å². The second kappa shape index (κ2) is 3.91. The summed E-state index contributed by atoms with van der Waals surface area (Å²) >= 11 is 0. The van der Waals surface area contributed by atoms with Gasteiger partial charge in [0.2, 0.25) is 0 Å². The quantitative estimate of drug-likeness (QED) is 0.375. The van der Waals surface area contributed by atoms with Gasteiger partial charge in [-0.15, -0.1) is 0 Å². The fraction of sp³-hybridized carbons (Fsp3) is 1.00. The lowest BCUT2D eigenvalue weighted by Gasteiger charge is -2.27. The molecule has 1 aliphatic carbocycles. The van der Waals surface area contributed by atoms with E-state index in [9.17, 15) is 0 Å². The topological polar surface area (TPSA) is 64.1 Å². The third-order valence-corrected chi connectivity index (χ3v) is 2.35. The second-order valence-electron chi connectivity index (χ2n) is 3.12. The Morgan fingerprint density at radius 1 is 1.30 bits per heavy atom. The van der Waals surface area contributed by atoms with E-state index >= 15 is 0 Å². The normalized spacial score (nSPS) is 34.2. The molecule has 1 saturated carbocycles. The number of hydrazine groups is 1. The summed E-state index contributed by atoms with van der Waals surface area (Å²) in [6, 6.07) is 0.379. The highest BCUT2D eigenvalue weighted by Gasteiger charge is 2.20. The van der Waals surface area contributed by atoms with Gasteiger partial charge in [0.05, 0.1) is 0 Å². The van der Waals surface area contributed by atoms with Gasteiger partial charge in [0.25, 0.3) is 0 Å². The fourth-order valence-corrected chi connectivity index (χ4v) is 1.64. The van der Waals surface area contributed by atoms with Crippen LogP contribution in [0, 0.1) is 5.92 Å². The van der Waals surface area contributed by atoms with Crippen molar-refractivity contribution in [3.63, 3.8) is 0 Å². The number of rotatable bonds is 2. The van der Waals surface area contributed by atoms with Crippen LogP contribution in [0.3, 0.4) is 0 Å². The van der Waals surface area contributed by atoms with Gasteiger partial charge in [0.15, 0.2) is 0 Å². The molecule has 0 heterocycles. The van der Waals surface area contributed by atoms with E-state index in [0.717, 1.165) is 6.54 Å². The molecule has 3 nitrogen and oxygen atoms in total. The molecule has 0 unspecified atom stereocenters. The first kappa shape index (κ1) is 7.98. The van der Waals surface area contributed by atoms with E-state index in [0.29, 0.717) is 12.0 Å². The molecule has 0 saturated heterocycles. The van der Waals surface area contributed by atoms with Crippen LogP contribution in [0.4, 0.5) is 0 Å². The molecule has 5 N–H and O–H groups in total. The van der Waals surface area contributed by atoms with Gasteiger partial charge < -0.3 is 5.73 Å². The van der Waals surface area contributed by atoms with Crippen molar-refractivity contribution in [1.82, 2.24) is 5.43 Å². The minimum absolute atomic E-state index is 0.379. The molecular formula is C7H17N3. The van der Waals surface area contributed by atoms with E-state index in [1.807, 2.05) is 0 Å². The maximum Gasteiger partial charge on any atom is 0.0140 e. The maximum atomic E-state index is 5.87. The van der Waals surface area contributed by atoms with E-state index in [1.165, 1.54) is 25.7 Å². The van der Waals surface area contributed by atoms with E-state index < -0.39 is 0 Å². The zero-order chi connectivity index (χ0) is 7.40. The molecule has 60 valence electrons. The van der Waals surface area contributed by atoms with E-state index in [2.05, 4.69) is 5.43 Å². The van der Waals surface area contributed by atoms with Crippen molar-refractivity contribution in [2.45, 2.75) is 31.7 Å². The highest BCUT2D eigenvalue weighted by Crippen LogP contribution is 2.21. The largest absolute Gasteiger partial charge is 0.327 e. The summed E-state index contributed by atoms with van der Waals surface area (Å²) in [5, 5.41) is 0. The Morgan fingerprint density at radius 3 is 2.60 bits per heavy atom. The number of nitrogens with two attached hydrogens (primary N) is 2. The maximum absolute atomic E-state index is 5.87. The van der Waals surface area contributed by atoms with Crippen LogP contribution in [0.1, 0.15) is 25.7 Å². The van der Waals surface area contributed by atoms with Crippen molar-refractivity contribution in [1.29, 1.82) is 0 Å². The Morgan fingerprint density at radius 2 is 2.00 bits per heavy atom. The van der Waals surface area contributed by atoms with E-state index in [4.69, 9.17) is 11.6 Å². The lowest BCUT2D eigenvalue weighted by Crippen LogP contribution is -2.41. The number of nitrogens with one attached hydrogen (secondary N) is 1. The Balaban J connectivity index is 2.25. The summed E-state index contributed by atoms with van der Waals surface area (Å²) in [6.07, 6.45) is 5.03. The summed E-state index contributed by atoms with van der Waals surface area (Å²) in [6.45, 7) is 0.876. The SMILES string of the molecule is NNC[C@@H]1CCCC[C@@H]1N. The van der Waals surface area contributed by atoms with Gasteiger partial charge in [-0.25, -0.2) is 0 Å². The van der Waals surface area contributed by atoms with Crippen LogP contribution in [-0.2, 0) is 0 Å².